The summed E-state index contributed by atoms with van der Waals surface area (Å²) in [7, 11) is 0. The van der Waals surface area contributed by atoms with Gasteiger partial charge in [0.1, 0.15) is 11.5 Å². The molecule has 0 saturated heterocycles. The summed E-state index contributed by atoms with van der Waals surface area (Å²) < 4.78 is 15.0. The Balaban J connectivity index is 2.11. The highest BCUT2D eigenvalue weighted by atomic mass is 35.5. The number of pyridine rings is 1. The van der Waals surface area contributed by atoms with E-state index in [0.717, 1.165) is 5.56 Å². The standard InChI is InChI=1S/C15H9ClFN3O/c16-13-2-1-12(7-14(13)17)20-8-11(9-21)15(19-20)10-3-5-18-6-4-10/h1-9H. The largest absolute Gasteiger partial charge is 0.298 e. The van der Waals surface area contributed by atoms with E-state index < -0.39 is 5.82 Å². The van der Waals surface area contributed by atoms with Gasteiger partial charge in [-0.2, -0.15) is 5.10 Å². The van der Waals surface area contributed by atoms with Crippen molar-refractivity contribution in [2.45, 2.75) is 0 Å². The number of halogens is 2. The number of hydrogen-bond donors (Lipinski definition) is 0. The van der Waals surface area contributed by atoms with Crippen LogP contribution in [0.4, 0.5) is 4.39 Å². The van der Waals surface area contributed by atoms with Crippen LogP contribution in [0.2, 0.25) is 5.02 Å². The van der Waals surface area contributed by atoms with Crippen molar-refractivity contribution >= 4 is 17.9 Å². The number of carbonyl (C=O) groups is 1. The molecule has 21 heavy (non-hydrogen) atoms. The van der Waals surface area contributed by atoms with Crippen molar-refractivity contribution in [1.82, 2.24) is 14.8 Å². The van der Waals surface area contributed by atoms with Crippen molar-refractivity contribution in [3.05, 3.63) is 65.3 Å². The van der Waals surface area contributed by atoms with Gasteiger partial charge in [0.05, 0.1) is 16.3 Å². The molecule has 104 valence electrons. The van der Waals surface area contributed by atoms with E-state index in [0.29, 0.717) is 23.2 Å². The van der Waals surface area contributed by atoms with Gasteiger partial charge in [-0.05, 0) is 24.3 Å². The first kappa shape index (κ1) is 13.5. The number of rotatable bonds is 3. The average Bonchev–Trinajstić information content (AvgIpc) is 2.95. The first-order valence-corrected chi connectivity index (χ1v) is 6.47. The molecule has 3 aromatic rings. The van der Waals surface area contributed by atoms with Crippen molar-refractivity contribution in [2.75, 3.05) is 0 Å². The maximum atomic E-state index is 13.5. The van der Waals surface area contributed by atoms with Gasteiger partial charge in [-0.25, -0.2) is 9.07 Å². The van der Waals surface area contributed by atoms with E-state index in [1.54, 1.807) is 36.8 Å². The average molecular weight is 302 g/mol. The summed E-state index contributed by atoms with van der Waals surface area (Å²) >= 11 is 5.66. The Morgan fingerprint density at radius 3 is 2.62 bits per heavy atom. The molecule has 0 bridgehead atoms. The van der Waals surface area contributed by atoms with Gasteiger partial charge in [0.15, 0.2) is 6.29 Å². The lowest BCUT2D eigenvalue weighted by Gasteiger charge is -2.02. The van der Waals surface area contributed by atoms with E-state index in [1.807, 2.05) is 0 Å². The molecule has 0 unspecified atom stereocenters. The Morgan fingerprint density at radius 2 is 1.95 bits per heavy atom. The van der Waals surface area contributed by atoms with Gasteiger partial charge in [0.2, 0.25) is 0 Å². The first-order chi connectivity index (χ1) is 10.2. The molecular weight excluding hydrogens is 293 g/mol. The Hall–Kier alpha value is -2.53. The number of benzene rings is 1. The Kier molecular flexibility index (Phi) is 3.50. The summed E-state index contributed by atoms with van der Waals surface area (Å²) in [5.74, 6) is -0.539. The normalized spacial score (nSPS) is 10.6. The summed E-state index contributed by atoms with van der Waals surface area (Å²) in [5.41, 5.74) is 2.18. The van der Waals surface area contributed by atoms with Gasteiger partial charge >= 0.3 is 0 Å². The molecule has 6 heteroatoms. The molecule has 0 saturated carbocycles. The molecule has 0 aliphatic carbocycles. The van der Waals surface area contributed by atoms with Crippen molar-refractivity contribution in [2.24, 2.45) is 0 Å². The lowest BCUT2D eigenvalue weighted by atomic mass is 10.1. The SMILES string of the molecule is O=Cc1cn(-c2ccc(Cl)c(F)c2)nc1-c1ccncc1. The van der Waals surface area contributed by atoms with Crippen LogP contribution in [-0.4, -0.2) is 21.1 Å². The molecule has 0 amide bonds. The minimum Gasteiger partial charge on any atom is -0.298 e. The highest BCUT2D eigenvalue weighted by Crippen LogP contribution is 2.23. The second-order valence-corrected chi connectivity index (χ2v) is 4.74. The third kappa shape index (κ3) is 2.55. The monoisotopic (exact) mass is 301 g/mol. The molecule has 0 spiro atoms. The second-order valence-electron chi connectivity index (χ2n) is 4.33. The zero-order valence-corrected chi connectivity index (χ0v) is 11.5. The van der Waals surface area contributed by atoms with Crippen LogP contribution in [0.5, 0.6) is 0 Å². The van der Waals surface area contributed by atoms with Crippen LogP contribution in [0.25, 0.3) is 16.9 Å². The smallest absolute Gasteiger partial charge is 0.153 e. The molecular formula is C15H9ClFN3O. The summed E-state index contributed by atoms with van der Waals surface area (Å²) in [6, 6.07) is 7.84. The fraction of sp³-hybridized carbons (Fsp3) is 0. The van der Waals surface area contributed by atoms with Crippen LogP contribution in [0.3, 0.4) is 0 Å². The van der Waals surface area contributed by atoms with E-state index in [1.165, 1.54) is 16.8 Å². The summed E-state index contributed by atoms with van der Waals surface area (Å²) in [6.45, 7) is 0. The van der Waals surface area contributed by atoms with Crippen LogP contribution in [0, 0.1) is 5.82 Å². The van der Waals surface area contributed by atoms with E-state index in [-0.39, 0.29) is 5.02 Å². The van der Waals surface area contributed by atoms with Crippen LogP contribution in [0.15, 0.2) is 48.9 Å². The molecule has 0 radical (unpaired) electrons. The predicted molar refractivity (Wildman–Crippen MR) is 77.2 cm³/mol. The minimum atomic E-state index is -0.539. The van der Waals surface area contributed by atoms with Crippen molar-refractivity contribution in [3.8, 4) is 16.9 Å². The predicted octanol–water partition coefficient (Wildman–Crippen LogP) is 3.54. The zero-order valence-electron chi connectivity index (χ0n) is 10.7. The molecule has 1 aromatic carbocycles. The Bertz CT molecular complexity index is 802. The fourth-order valence-corrected chi connectivity index (χ4v) is 2.09. The van der Waals surface area contributed by atoms with Crippen LogP contribution in [-0.2, 0) is 0 Å². The third-order valence-electron chi connectivity index (χ3n) is 2.99. The third-order valence-corrected chi connectivity index (χ3v) is 3.30. The molecule has 2 heterocycles. The molecule has 0 N–H and O–H groups in total. The number of carbonyl (C=O) groups excluding carboxylic acids is 1. The zero-order chi connectivity index (χ0) is 14.8. The molecule has 0 fully saturated rings. The molecule has 3 rings (SSSR count). The number of nitrogens with zero attached hydrogens (tertiary/aromatic N) is 3. The number of aldehydes is 1. The summed E-state index contributed by atoms with van der Waals surface area (Å²) in [6.07, 6.45) is 5.49. The van der Waals surface area contributed by atoms with E-state index in [9.17, 15) is 9.18 Å². The molecule has 0 aliphatic heterocycles. The Morgan fingerprint density at radius 1 is 1.19 bits per heavy atom. The van der Waals surface area contributed by atoms with Gasteiger partial charge in [0.25, 0.3) is 0 Å². The fourth-order valence-electron chi connectivity index (χ4n) is 1.97. The summed E-state index contributed by atoms with van der Waals surface area (Å²) in [5, 5.41) is 4.38. The molecule has 4 nitrogen and oxygen atoms in total. The molecule has 0 atom stereocenters. The number of aromatic nitrogens is 3. The van der Waals surface area contributed by atoms with E-state index in [2.05, 4.69) is 10.1 Å². The highest BCUT2D eigenvalue weighted by Gasteiger charge is 2.12. The maximum absolute atomic E-state index is 13.5. The molecule has 0 aliphatic rings. The lowest BCUT2D eigenvalue weighted by Crippen LogP contribution is -1.95. The van der Waals surface area contributed by atoms with Gasteiger partial charge < -0.3 is 0 Å². The van der Waals surface area contributed by atoms with Crippen molar-refractivity contribution in [3.63, 3.8) is 0 Å². The van der Waals surface area contributed by atoms with Crippen molar-refractivity contribution < 1.29 is 9.18 Å². The number of hydrogen-bond acceptors (Lipinski definition) is 3. The van der Waals surface area contributed by atoms with Gasteiger partial charge in [-0.3, -0.25) is 9.78 Å². The van der Waals surface area contributed by atoms with Crippen LogP contribution in [0.1, 0.15) is 10.4 Å². The van der Waals surface area contributed by atoms with E-state index >= 15 is 0 Å². The van der Waals surface area contributed by atoms with E-state index in [4.69, 9.17) is 11.6 Å². The van der Waals surface area contributed by atoms with Crippen LogP contribution < -0.4 is 0 Å². The lowest BCUT2D eigenvalue weighted by molar-refractivity contribution is 0.112. The maximum Gasteiger partial charge on any atom is 0.153 e. The minimum absolute atomic E-state index is 0.0378. The topological polar surface area (TPSA) is 47.8 Å². The Labute approximate surface area is 124 Å². The second kappa shape index (κ2) is 5.46. The molecule has 2 aromatic heterocycles. The highest BCUT2D eigenvalue weighted by molar-refractivity contribution is 6.30. The van der Waals surface area contributed by atoms with Gasteiger partial charge in [-0.1, -0.05) is 11.6 Å². The van der Waals surface area contributed by atoms with Crippen LogP contribution >= 0.6 is 11.6 Å². The quantitative estimate of drug-likeness (QED) is 0.695. The van der Waals surface area contributed by atoms with Crippen molar-refractivity contribution in [1.29, 1.82) is 0 Å². The van der Waals surface area contributed by atoms with Gasteiger partial charge in [0, 0.05) is 30.2 Å². The summed E-state index contributed by atoms with van der Waals surface area (Å²) in [4.78, 5) is 15.1. The first-order valence-electron chi connectivity index (χ1n) is 6.09. The van der Waals surface area contributed by atoms with Gasteiger partial charge in [-0.15, -0.1) is 0 Å².